The van der Waals surface area contributed by atoms with Gasteiger partial charge >= 0.3 is 5.97 Å². The SMILES string of the molecule is COC(=O)C(C)CN(C)C(=O)c1cc(N)cc(Cl)c1. The Kier molecular flexibility index (Phi) is 5.18. The van der Waals surface area contributed by atoms with Gasteiger partial charge in [0.05, 0.1) is 13.0 Å². The van der Waals surface area contributed by atoms with Gasteiger partial charge in [-0.1, -0.05) is 18.5 Å². The molecule has 1 rings (SSSR count). The summed E-state index contributed by atoms with van der Waals surface area (Å²) in [4.78, 5) is 24.9. The second kappa shape index (κ2) is 6.43. The fourth-order valence-corrected chi connectivity index (χ4v) is 1.97. The first-order valence-electron chi connectivity index (χ1n) is 5.74. The standard InChI is InChI=1S/C13H17ClN2O3/c1-8(13(18)19-3)7-16(2)12(17)9-4-10(14)6-11(15)5-9/h4-6,8H,7,15H2,1-3H3. The zero-order chi connectivity index (χ0) is 14.6. The highest BCUT2D eigenvalue weighted by Gasteiger charge is 2.20. The average molecular weight is 285 g/mol. The molecule has 0 spiro atoms. The molecular weight excluding hydrogens is 268 g/mol. The maximum Gasteiger partial charge on any atom is 0.310 e. The van der Waals surface area contributed by atoms with Crippen molar-refractivity contribution >= 4 is 29.2 Å². The summed E-state index contributed by atoms with van der Waals surface area (Å²) in [5.41, 5.74) is 6.45. The molecule has 0 fully saturated rings. The number of nitrogen functional groups attached to an aromatic ring is 1. The number of anilines is 1. The number of esters is 1. The largest absolute Gasteiger partial charge is 0.469 e. The van der Waals surface area contributed by atoms with Gasteiger partial charge in [0, 0.05) is 29.9 Å². The number of methoxy groups -OCH3 is 1. The van der Waals surface area contributed by atoms with Crippen molar-refractivity contribution in [2.45, 2.75) is 6.92 Å². The first-order chi connectivity index (χ1) is 8.85. The molecular formula is C13H17ClN2O3. The van der Waals surface area contributed by atoms with Crippen molar-refractivity contribution in [3.05, 3.63) is 28.8 Å². The second-order valence-electron chi connectivity index (χ2n) is 4.38. The normalized spacial score (nSPS) is 11.8. The fraction of sp³-hybridized carbons (Fsp3) is 0.385. The van der Waals surface area contributed by atoms with Crippen LogP contribution in [0.25, 0.3) is 0 Å². The molecule has 1 aromatic rings. The van der Waals surface area contributed by atoms with Crippen molar-refractivity contribution in [1.82, 2.24) is 4.90 Å². The Bertz CT molecular complexity index is 471. The number of rotatable bonds is 4. The Morgan fingerprint density at radius 1 is 1.42 bits per heavy atom. The lowest BCUT2D eigenvalue weighted by Crippen LogP contribution is -2.34. The smallest absolute Gasteiger partial charge is 0.310 e. The van der Waals surface area contributed by atoms with Crippen LogP contribution in [0.1, 0.15) is 17.3 Å². The number of benzene rings is 1. The van der Waals surface area contributed by atoms with Crippen molar-refractivity contribution in [3.63, 3.8) is 0 Å². The molecule has 0 bridgehead atoms. The average Bonchev–Trinajstić information content (AvgIpc) is 2.35. The summed E-state index contributed by atoms with van der Waals surface area (Å²) in [7, 11) is 2.93. The van der Waals surface area contributed by atoms with Crippen LogP contribution in [0.2, 0.25) is 5.02 Å². The summed E-state index contributed by atoms with van der Waals surface area (Å²) in [6.07, 6.45) is 0. The number of amides is 1. The van der Waals surface area contributed by atoms with E-state index in [1.807, 2.05) is 0 Å². The third-order valence-electron chi connectivity index (χ3n) is 2.67. The van der Waals surface area contributed by atoms with Crippen LogP contribution in [0.4, 0.5) is 5.69 Å². The van der Waals surface area contributed by atoms with E-state index < -0.39 is 5.92 Å². The molecule has 2 N–H and O–H groups in total. The van der Waals surface area contributed by atoms with Crippen molar-refractivity contribution in [2.24, 2.45) is 5.92 Å². The molecule has 1 atom stereocenters. The first kappa shape index (κ1) is 15.3. The lowest BCUT2D eigenvalue weighted by molar-refractivity contribution is -0.145. The van der Waals surface area contributed by atoms with E-state index in [0.717, 1.165) is 0 Å². The third kappa shape index (κ3) is 4.13. The zero-order valence-corrected chi connectivity index (χ0v) is 11.9. The molecule has 1 aromatic carbocycles. The lowest BCUT2D eigenvalue weighted by atomic mass is 10.1. The molecule has 0 saturated carbocycles. The molecule has 0 radical (unpaired) electrons. The summed E-state index contributed by atoms with van der Waals surface area (Å²) in [6, 6.07) is 4.66. The zero-order valence-electron chi connectivity index (χ0n) is 11.1. The summed E-state index contributed by atoms with van der Waals surface area (Å²) >= 11 is 5.85. The monoisotopic (exact) mass is 284 g/mol. The third-order valence-corrected chi connectivity index (χ3v) is 2.88. The van der Waals surface area contributed by atoms with Gasteiger partial charge in [0.1, 0.15) is 0 Å². The van der Waals surface area contributed by atoms with Gasteiger partial charge in [-0.15, -0.1) is 0 Å². The van der Waals surface area contributed by atoms with Crippen LogP contribution in [-0.2, 0) is 9.53 Å². The van der Waals surface area contributed by atoms with E-state index in [-0.39, 0.29) is 18.4 Å². The number of nitrogens with zero attached hydrogens (tertiary/aromatic N) is 1. The highest BCUT2D eigenvalue weighted by Crippen LogP contribution is 2.18. The molecule has 0 aromatic heterocycles. The van der Waals surface area contributed by atoms with Crippen molar-refractivity contribution in [2.75, 3.05) is 26.4 Å². The predicted octanol–water partition coefficient (Wildman–Crippen LogP) is 1.80. The minimum atomic E-state index is -0.393. The Morgan fingerprint density at radius 3 is 2.58 bits per heavy atom. The Hall–Kier alpha value is -1.75. The molecule has 0 heterocycles. The van der Waals surface area contributed by atoms with E-state index >= 15 is 0 Å². The van der Waals surface area contributed by atoms with Crippen molar-refractivity contribution in [3.8, 4) is 0 Å². The fourth-order valence-electron chi connectivity index (χ4n) is 1.73. The number of hydrogen-bond acceptors (Lipinski definition) is 4. The topological polar surface area (TPSA) is 72.6 Å². The highest BCUT2D eigenvalue weighted by molar-refractivity contribution is 6.31. The maximum absolute atomic E-state index is 12.2. The molecule has 6 heteroatoms. The summed E-state index contributed by atoms with van der Waals surface area (Å²) < 4.78 is 4.62. The van der Waals surface area contributed by atoms with Gasteiger partial charge in [0.25, 0.3) is 5.91 Å². The maximum atomic E-state index is 12.2. The first-order valence-corrected chi connectivity index (χ1v) is 6.12. The number of carbonyl (C=O) groups is 2. The molecule has 1 amide bonds. The number of carbonyl (C=O) groups excluding carboxylic acids is 2. The van der Waals surface area contributed by atoms with Gasteiger partial charge in [-0.05, 0) is 18.2 Å². The Labute approximate surface area is 117 Å². The predicted molar refractivity (Wildman–Crippen MR) is 74.0 cm³/mol. The van der Waals surface area contributed by atoms with Gasteiger partial charge in [0.15, 0.2) is 0 Å². The van der Waals surface area contributed by atoms with E-state index in [2.05, 4.69) is 4.74 Å². The minimum Gasteiger partial charge on any atom is -0.469 e. The van der Waals surface area contributed by atoms with Gasteiger partial charge in [-0.3, -0.25) is 9.59 Å². The van der Waals surface area contributed by atoms with Crippen LogP contribution >= 0.6 is 11.6 Å². The van der Waals surface area contributed by atoms with Crippen LogP contribution in [-0.4, -0.2) is 37.5 Å². The van der Waals surface area contributed by atoms with E-state index in [4.69, 9.17) is 17.3 Å². The molecule has 5 nitrogen and oxygen atoms in total. The summed E-state index contributed by atoms with van der Waals surface area (Å²) in [5, 5.41) is 0.401. The number of halogens is 1. The van der Waals surface area contributed by atoms with E-state index in [1.165, 1.54) is 12.0 Å². The molecule has 0 aliphatic carbocycles. The van der Waals surface area contributed by atoms with Crippen LogP contribution in [0.15, 0.2) is 18.2 Å². The van der Waals surface area contributed by atoms with Gasteiger partial charge in [-0.2, -0.15) is 0 Å². The van der Waals surface area contributed by atoms with Crippen LogP contribution < -0.4 is 5.73 Å². The van der Waals surface area contributed by atoms with Crippen LogP contribution in [0.5, 0.6) is 0 Å². The Morgan fingerprint density at radius 2 is 2.05 bits per heavy atom. The van der Waals surface area contributed by atoms with Gasteiger partial charge in [-0.25, -0.2) is 0 Å². The van der Waals surface area contributed by atoms with E-state index in [0.29, 0.717) is 16.3 Å². The molecule has 0 aliphatic rings. The van der Waals surface area contributed by atoms with Gasteiger partial charge < -0.3 is 15.4 Å². The molecule has 0 aliphatic heterocycles. The quantitative estimate of drug-likeness (QED) is 0.676. The summed E-state index contributed by atoms with van der Waals surface area (Å²) in [5.74, 6) is -0.995. The second-order valence-corrected chi connectivity index (χ2v) is 4.82. The van der Waals surface area contributed by atoms with E-state index in [1.54, 1.807) is 32.2 Å². The van der Waals surface area contributed by atoms with Crippen molar-refractivity contribution in [1.29, 1.82) is 0 Å². The van der Waals surface area contributed by atoms with Crippen LogP contribution in [0.3, 0.4) is 0 Å². The number of ether oxygens (including phenoxy) is 1. The minimum absolute atomic E-state index is 0.245. The Balaban J connectivity index is 2.79. The molecule has 0 saturated heterocycles. The van der Waals surface area contributed by atoms with Crippen molar-refractivity contribution < 1.29 is 14.3 Å². The van der Waals surface area contributed by atoms with E-state index in [9.17, 15) is 9.59 Å². The molecule has 19 heavy (non-hydrogen) atoms. The van der Waals surface area contributed by atoms with Gasteiger partial charge in [0.2, 0.25) is 0 Å². The molecule has 1 unspecified atom stereocenters. The van der Waals surface area contributed by atoms with Crippen LogP contribution in [0, 0.1) is 5.92 Å². The lowest BCUT2D eigenvalue weighted by Gasteiger charge is -2.20. The number of nitrogens with two attached hydrogens (primary N) is 1. The molecule has 104 valence electrons. The number of hydrogen-bond donors (Lipinski definition) is 1. The highest BCUT2D eigenvalue weighted by atomic mass is 35.5. The summed E-state index contributed by atoms with van der Waals surface area (Å²) in [6.45, 7) is 1.96.